The van der Waals surface area contributed by atoms with Crippen LogP contribution in [0.2, 0.25) is 0 Å². The van der Waals surface area contributed by atoms with Crippen LogP contribution >= 0.6 is 0 Å². The van der Waals surface area contributed by atoms with Gasteiger partial charge in [-0.3, -0.25) is 0 Å². The molecule has 0 saturated heterocycles. The molecule has 0 spiro atoms. The first-order valence-corrected chi connectivity index (χ1v) is 3.73. The van der Waals surface area contributed by atoms with Crippen LogP contribution in [0.1, 0.15) is 22.5 Å². The van der Waals surface area contributed by atoms with E-state index in [9.17, 15) is 18.0 Å². The van der Waals surface area contributed by atoms with Crippen molar-refractivity contribution >= 4 is 5.97 Å². The van der Waals surface area contributed by atoms with Gasteiger partial charge in [0.05, 0.1) is 12.7 Å². The Balaban J connectivity index is 3.34. The Kier molecular flexibility index (Phi) is 3.13. The van der Waals surface area contributed by atoms with E-state index in [1.54, 1.807) is 0 Å². The Morgan fingerprint density at radius 3 is 2.67 bits per heavy atom. The van der Waals surface area contributed by atoms with Crippen molar-refractivity contribution in [3.63, 3.8) is 0 Å². The highest BCUT2D eigenvalue weighted by Crippen LogP contribution is 2.27. The lowest BCUT2D eigenvalue weighted by atomic mass is 10.2. The van der Waals surface area contributed by atoms with Crippen LogP contribution in [0.25, 0.3) is 0 Å². The average molecular weight is 221 g/mol. The van der Waals surface area contributed by atoms with E-state index in [1.807, 2.05) is 0 Å². The molecule has 82 valence electrons. The molecule has 4 nitrogen and oxygen atoms in total. The van der Waals surface area contributed by atoms with Gasteiger partial charge >= 0.3 is 5.97 Å². The highest BCUT2D eigenvalue weighted by atomic mass is 19.3. The Morgan fingerprint density at radius 1 is 1.60 bits per heavy atom. The maximum atomic E-state index is 12.7. The summed E-state index contributed by atoms with van der Waals surface area (Å²) in [5, 5.41) is 8.80. The van der Waals surface area contributed by atoms with Crippen molar-refractivity contribution in [3.8, 4) is 5.75 Å². The topological polar surface area (TPSA) is 59.4 Å². The zero-order valence-electron chi connectivity index (χ0n) is 7.50. The van der Waals surface area contributed by atoms with Crippen LogP contribution in [0.5, 0.6) is 5.75 Å². The minimum absolute atomic E-state index is 0.444. The summed E-state index contributed by atoms with van der Waals surface area (Å²) in [4.78, 5) is 13.8. The number of ether oxygens (including phenoxy) is 1. The highest BCUT2D eigenvalue weighted by Gasteiger charge is 2.23. The molecule has 15 heavy (non-hydrogen) atoms. The van der Waals surface area contributed by atoms with Gasteiger partial charge in [-0.1, -0.05) is 0 Å². The van der Waals surface area contributed by atoms with Crippen LogP contribution in [0.3, 0.4) is 0 Å². The van der Waals surface area contributed by atoms with E-state index in [-0.39, 0.29) is 0 Å². The van der Waals surface area contributed by atoms with E-state index in [4.69, 9.17) is 5.11 Å². The fourth-order valence-corrected chi connectivity index (χ4v) is 0.922. The van der Waals surface area contributed by atoms with Gasteiger partial charge in [0.15, 0.2) is 11.4 Å². The summed E-state index contributed by atoms with van der Waals surface area (Å²) < 4.78 is 41.6. The summed E-state index contributed by atoms with van der Waals surface area (Å²) in [6.45, 7) is 0. The van der Waals surface area contributed by atoms with Gasteiger partial charge in [0.2, 0.25) is 0 Å². The number of halogens is 3. The summed E-state index contributed by atoms with van der Waals surface area (Å²) in [5.74, 6) is -3.64. The van der Waals surface area contributed by atoms with E-state index in [0.717, 1.165) is 7.11 Å². The third kappa shape index (κ3) is 2.17. The number of esters is 1. The predicted molar refractivity (Wildman–Crippen MR) is 42.2 cm³/mol. The normalized spacial score (nSPS) is 10.5. The number of nitrogens with zero attached hydrogens (tertiary/aromatic N) is 1. The number of alkyl halides is 2. The van der Waals surface area contributed by atoms with Crippen LogP contribution in [0, 0.1) is 5.95 Å². The second kappa shape index (κ2) is 4.16. The Bertz CT molecular complexity index is 395. The molecule has 1 aromatic rings. The molecule has 0 radical (unpaired) electrons. The van der Waals surface area contributed by atoms with Gasteiger partial charge in [0.25, 0.3) is 12.4 Å². The van der Waals surface area contributed by atoms with Crippen LogP contribution in [-0.2, 0) is 4.74 Å². The van der Waals surface area contributed by atoms with Crippen molar-refractivity contribution in [1.82, 2.24) is 4.98 Å². The Morgan fingerprint density at radius 2 is 2.20 bits per heavy atom. The first-order chi connectivity index (χ1) is 6.97. The number of rotatable bonds is 2. The summed E-state index contributed by atoms with van der Waals surface area (Å²) in [5.41, 5.74) is -1.72. The molecule has 0 aliphatic heterocycles. The predicted octanol–water partition coefficient (Wildman–Crippen LogP) is 1.65. The lowest BCUT2D eigenvalue weighted by Crippen LogP contribution is -2.10. The molecule has 1 heterocycles. The van der Waals surface area contributed by atoms with Crippen molar-refractivity contribution in [2.45, 2.75) is 6.43 Å². The molecule has 0 saturated carbocycles. The highest BCUT2D eigenvalue weighted by molar-refractivity contribution is 5.89. The molecule has 0 bridgehead atoms. The largest absolute Gasteiger partial charge is 0.504 e. The number of pyridine rings is 1. The molecular formula is C8H6F3NO3. The molecule has 0 atom stereocenters. The molecule has 0 fully saturated rings. The lowest BCUT2D eigenvalue weighted by molar-refractivity contribution is 0.0579. The van der Waals surface area contributed by atoms with Crippen LogP contribution in [0.15, 0.2) is 6.07 Å². The van der Waals surface area contributed by atoms with E-state index in [1.165, 1.54) is 0 Å². The quantitative estimate of drug-likeness (QED) is 0.609. The van der Waals surface area contributed by atoms with Gasteiger partial charge in [-0.25, -0.2) is 18.6 Å². The fraction of sp³-hybridized carbons (Fsp3) is 0.250. The molecule has 0 amide bonds. The Hall–Kier alpha value is -1.79. The van der Waals surface area contributed by atoms with Gasteiger partial charge < -0.3 is 9.84 Å². The molecule has 1 N–H and O–H groups in total. The molecule has 0 aliphatic rings. The standard InChI is InChI=1S/C8H6F3NO3/c1-15-8(14)5-3(6(9)10)2-4(13)7(11)12-5/h2,6,13H,1H3. The van der Waals surface area contributed by atoms with Gasteiger partial charge in [0, 0.05) is 0 Å². The fourth-order valence-electron chi connectivity index (χ4n) is 0.922. The third-order valence-electron chi connectivity index (χ3n) is 1.60. The molecular weight excluding hydrogens is 215 g/mol. The number of carbonyl (C=O) groups excluding carboxylic acids is 1. The lowest BCUT2D eigenvalue weighted by Gasteiger charge is -2.06. The number of aromatic nitrogens is 1. The maximum Gasteiger partial charge on any atom is 0.357 e. The number of carbonyl (C=O) groups is 1. The van der Waals surface area contributed by atoms with Crippen molar-refractivity contribution in [2.24, 2.45) is 0 Å². The monoisotopic (exact) mass is 221 g/mol. The van der Waals surface area contributed by atoms with Crippen molar-refractivity contribution in [1.29, 1.82) is 0 Å². The number of hydrogen-bond donors (Lipinski definition) is 1. The minimum atomic E-state index is -3.06. The van der Waals surface area contributed by atoms with Gasteiger partial charge in [-0.05, 0) is 6.07 Å². The number of aromatic hydroxyl groups is 1. The van der Waals surface area contributed by atoms with E-state index in [0.29, 0.717) is 6.07 Å². The van der Waals surface area contributed by atoms with E-state index < -0.39 is 35.3 Å². The molecule has 0 aliphatic carbocycles. The van der Waals surface area contributed by atoms with E-state index in [2.05, 4.69) is 9.72 Å². The van der Waals surface area contributed by atoms with Crippen molar-refractivity contribution in [3.05, 3.63) is 23.3 Å². The number of hydrogen-bond acceptors (Lipinski definition) is 4. The van der Waals surface area contributed by atoms with Crippen molar-refractivity contribution < 1.29 is 27.8 Å². The van der Waals surface area contributed by atoms with E-state index >= 15 is 0 Å². The summed E-state index contributed by atoms with van der Waals surface area (Å²) >= 11 is 0. The molecule has 1 aromatic heterocycles. The van der Waals surface area contributed by atoms with Gasteiger partial charge in [-0.2, -0.15) is 4.39 Å². The van der Waals surface area contributed by atoms with Crippen molar-refractivity contribution in [2.75, 3.05) is 7.11 Å². The summed E-state index contributed by atoms with van der Waals surface area (Å²) in [7, 11) is 0.948. The zero-order chi connectivity index (χ0) is 11.6. The second-order valence-electron chi connectivity index (χ2n) is 2.53. The zero-order valence-corrected chi connectivity index (χ0v) is 7.50. The SMILES string of the molecule is COC(=O)c1nc(F)c(O)cc1C(F)F. The second-order valence-corrected chi connectivity index (χ2v) is 2.53. The first-order valence-electron chi connectivity index (χ1n) is 3.73. The van der Waals surface area contributed by atoms with Crippen LogP contribution in [0.4, 0.5) is 13.2 Å². The smallest absolute Gasteiger partial charge is 0.357 e. The van der Waals surface area contributed by atoms with Gasteiger partial charge in [0.1, 0.15) is 0 Å². The molecule has 1 rings (SSSR count). The molecule has 0 unspecified atom stereocenters. The molecule has 7 heteroatoms. The number of methoxy groups -OCH3 is 1. The first kappa shape index (κ1) is 11.3. The summed E-state index contributed by atoms with van der Waals surface area (Å²) in [6, 6.07) is 0.444. The minimum Gasteiger partial charge on any atom is -0.504 e. The third-order valence-corrected chi connectivity index (χ3v) is 1.60. The maximum absolute atomic E-state index is 12.7. The Labute approximate surface area is 82.3 Å². The average Bonchev–Trinajstić information content (AvgIpc) is 2.20. The molecule has 0 aromatic carbocycles. The summed E-state index contributed by atoms with van der Waals surface area (Å²) in [6.07, 6.45) is -3.06. The van der Waals surface area contributed by atoms with Gasteiger partial charge in [-0.15, -0.1) is 0 Å². The van der Waals surface area contributed by atoms with Crippen LogP contribution < -0.4 is 0 Å². The van der Waals surface area contributed by atoms with Crippen LogP contribution in [-0.4, -0.2) is 23.2 Å².